The van der Waals surface area contributed by atoms with Gasteiger partial charge in [0.15, 0.2) is 0 Å². The number of hydrogen-bond acceptors (Lipinski definition) is 2. The topological polar surface area (TPSA) is 51.3 Å². The number of carbonyl (C=O) groups excluding carboxylic acids is 1. The Balaban J connectivity index is 2.16. The number of carbonyl (C=O) groups is 1. The van der Waals surface area contributed by atoms with E-state index in [1.807, 2.05) is 28.8 Å². The summed E-state index contributed by atoms with van der Waals surface area (Å²) in [5.74, 6) is 0.802. The van der Waals surface area contributed by atoms with Crippen LogP contribution < -0.4 is 5.73 Å². The molecule has 0 spiro atoms. The first-order valence-corrected chi connectivity index (χ1v) is 7.69. The zero-order valence-electron chi connectivity index (χ0n) is 11.6. The van der Waals surface area contributed by atoms with Gasteiger partial charge in [-0.05, 0) is 40.8 Å². The molecule has 5 heteroatoms. The number of nitrogens with zero attached hydrogens (tertiary/aromatic N) is 2. The standard InChI is InChI=1S/C14H22BrN3O/c1-3-10-4-5-18(12(6-10)8-16)14(19)13-7-11(15)9-17(13)2/h7,9-10,12H,3-6,8,16H2,1-2H3. The quantitative estimate of drug-likeness (QED) is 0.926. The monoisotopic (exact) mass is 327 g/mol. The van der Waals surface area contributed by atoms with Crippen LogP contribution in [0.2, 0.25) is 0 Å². The Morgan fingerprint density at radius 3 is 2.84 bits per heavy atom. The summed E-state index contributed by atoms with van der Waals surface area (Å²) >= 11 is 3.41. The minimum Gasteiger partial charge on any atom is -0.345 e. The third kappa shape index (κ3) is 3.03. The lowest BCUT2D eigenvalue weighted by molar-refractivity contribution is 0.0549. The van der Waals surface area contributed by atoms with E-state index in [0.29, 0.717) is 12.5 Å². The van der Waals surface area contributed by atoms with E-state index in [9.17, 15) is 4.79 Å². The Morgan fingerprint density at radius 2 is 2.32 bits per heavy atom. The number of piperidine rings is 1. The largest absolute Gasteiger partial charge is 0.345 e. The first-order valence-electron chi connectivity index (χ1n) is 6.89. The maximum absolute atomic E-state index is 12.6. The van der Waals surface area contributed by atoms with Crippen LogP contribution in [-0.2, 0) is 7.05 Å². The Bertz CT molecular complexity index is 458. The van der Waals surface area contributed by atoms with E-state index in [1.54, 1.807) is 0 Å². The summed E-state index contributed by atoms with van der Waals surface area (Å²) in [4.78, 5) is 14.6. The van der Waals surface area contributed by atoms with Crippen molar-refractivity contribution in [3.8, 4) is 0 Å². The number of amides is 1. The van der Waals surface area contributed by atoms with Crippen molar-refractivity contribution in [2.75, 3.05) is 13.1 Å². The Morgan fingerprint density at radius 1 is 1.58 bits per heavy atom. The number of aromatic nitrogens is 1. The van der Waals surface area contributed by atoms with Gasteiger partial charge >= 0.3 is 0 Å². The molecule has 2 N–H and O–H groups in total. The van der Waals surface area contributed by atoms with Gasteiger partial charge in [0.25, 0.3) is 5.91 Å². The SMILES string of the molecule is CCC1CCN(C(=O)c2cc(Br)cn2C)C(CN)C1. The number of hydrogen-bond donors (Lipinski definition) is 1. The van der Waals surface area contributed by atoms with Crippen LogP contribution in [0.15, 0.2) is 16.7 Å². The molecule has 106 valence electrons. The van der Waals surface area contributed by atoms with Gasteiger partial charge in [0.1, 0.15) is 5.69 Å². The maximum Gasteiger partial charge on any atom is 0.270 e. The van der Waals surface area contributed by atoms with E-state index >= 15 is 0 Å². The fraction of sp³-hybridized carbons (Fsp3) is 0.643. The highest BCUT2D eigenvalue weighted by molar-refractivity contribution is 9.10. The molecule has 0 radical (unpaired) electrons. The second-order valence-corrected chi connectivity index (χ2v) is 6.26. The van der Waals surface area contributed by atoms with Gasteiger partial charge in [0, 0.05) is 36.8 Å². The lowest BCUT2D eigenvalue weighted by Crippen LogP contribution is -2.49. The van der Waals surface area contributed by atoms with E-state index in [4.69, 9.17) is 5.73 Å². The number of likely N-dealkylation sites (tertiary alicyclic amines) is 1. The molecule has 0 aliphatic carbocycles. The van der Waals surface area contributed by atoms with Crippen LogP contribution in [0, 0.1) is 5.92 Å². The van der Waals surface area contributed by atoms with Crippen LogP contribution >= 0.6 is 15.9 Å². The summed E-state index contributed by atoms with van der Waals surface area (Å²) in [5, 5.41) is 0. The average Bonchev–Trinajstić information content (AvgIpc) is 2.76. The summed E-state index contributed by atoms with van der Waals surface area (Å²) in [7, 11) is 1.90. The van der Waals surface area contributed by atoms with Gasteiger partial charge < -0.3 is 15.2 Å². The predicted octanol–water partition coefficient (Wildman–Crippen LogP) is 2.38. The third-order valence-electron chi connectivity index (χ3n) is 4.13. The molecule has 2 rings (SSSR count). The van der Waals surface area contributed by atoms with Crippen LogP contribution in [0.25, 0.3) is 0 Å². The molecule has 2 atom stereocenters. The molecule has 0 aromatic carbocycles. The highest BCUT2D eigenvalue weighted by Gasteiger charge is 2.31. The number of rotatable bonds is 3. The predicted molar refractivity (Wildman–Crippen MR) is 80.0 cm³/mol. The minimum atomic E-state index is 0.0956. The van der Waals surface area contributed by atoms with Gasteiger partial charge in [0.05, 0.1) is 0 Å². The molecule has 1 saturated heterocycles. The molecule has 1 fully saturated rings. The number of nitrogens with two attached hydrogens (primary N) is 1. The van der Waals surface area contributed by atoms with Crippen molar-refractivity contribution in [3.05, 3.63) is 22.4 Å². The minimum absolute atomic E-state index is 0.0956. The first kappa shape index (κ1) is 14.6. The van der Waals surface area contributed by atoms with Gasteiger partial charge in [-0.3, -0.25) is 4.79 Å². The van der Waals surface area contributed by atoms with Gasteiger partial charge in [0.2, 0.25) is 0 Å². The summed E-state index contributed by atoms with van der Waals surface area (Å²) in [6.45, 7) is 3.58. The molecule has 4 nitrogen and oxygen atoms in total. The van der Waals surface area contributed by atoms with Gasteiger partial charge in [-0.25, -0.2) is 0 Å². The molecule has 1 aliphatic heterocycles. The molecule has 19 heavy (non-hydrogen) atoms. The molecule has 1 amide bonds. The van der Waals surface area contributed by atoms with Crippen molar-refractivity contribution in [2.24, 2.45) is 18.7 Å². The molecule has 0 bridgehead atoms. The maximum atomic E-state index is 12.6. The highest BCUT2D eigenvalue weighted by Crippen LogP contribution is 2.27. The molecule has 2 unspecified atom stereocenters. The first-order chi connectivity index (χ1) is 9.06. The fourth-order valence-corrected chi connectivity index (χ4v) is 3.40. The van der Waals surface area contributed by atoms with Crippen molar-refractivity contribution >= 4 is 21.8 Å². The molecule has 1 aromatic heterocycles. The lowest BCUT2D eigenvalue weighted by Gasteiger charge is -2.38. The third-order valence-corrected chi connectivity index (χ3v) is 4.56. The van der Waals surface area contributed by atoms with E-state index < -0.39 is 0 Å². The normalized spacial score (nSPS) is 23.7. The summed E-state index contributed by atoms with van der Waals surface area (Å²) in [6, 6.07) is 2.06. The fourth-order valence-electron chi connectivity index (χ4n) is 2.88. The van der Waals surface area contributed by atoms with Crippen LogP contribution in [0.4, 0.5) is 0 Å². The van der Waals surface area contributed by atoms with Crippen molar-refractivity contribution in [3.63, 3.8) is 0 Å². The van der Waals surface area contributed by atoms with Crippen LogP contribution in [-0.4, -0.2) is 34.5 Å². The highest BCUT2D eigenvalue weighted by atomic mass is 79.9. The van der Waals surface area contributed by atoms with Crippen LogP contribution in [0.3, 0.4) is 0 Å². The van der Waals surface area contributed by atoms with E-state index in [1.165, 1.54) is 6.42 Å². The van der Waals surface area contributed by atoms with Gasteiger partial charge in [-0.15, -0.1) is 0 Å². The van der Waals surface area contributed by atoms with Crippen molar-refractivity contribution in [1.29, 1.82) is 0 Å². The molecule has 1 aromatic rings. The Kier molecular flexibility index (Phi) is 4.68. The van der Waals surface area contributed by atoms with Gasteiger partial charge in [-0.1, -0.05) is 13.3 Å². The molecule has 2 heterocycles. The molecule has 0 saturated carbocycles. The average molecular weight is 328 g/mol. The van der Waals surface area contributed by atoms with Crippen LogP contribution in [0.5, 0.6) is 0 Å². The summed E-state index contributed by atoms with van der Waals surface area (Å²) < 4.78 is 2.80. The van der Waals surface area contributed by atoms with E-state index in [0.717, 1.165) is 29.6 Å². The van der Waals surface area contributed by atoms with E-state index in [2.05, 4.69) is 22.9 Å². The molecule has 1 aliphatic rings. The summed E-state index contributed by atoms with van der Waals surface area (Å²) in [5.41, 5.74) is 6.58. The smallest absolute Gasteiger partial charge is 0.270 e. The number of halogens is 1. The number of aryl methyl sites for hydroxylation is 1. The second kappa shape index (κ2) is 6.09. The Hall–Kier alpha value is -0.810. The van der Waals surface area contributed by atoms with E-state index in [-0.39, 0.29) is 11.9 Å². The van der Waals surface area contributed by atoms with Gasteiger partial charge in [-0.2, -0.15) is 0 Å². The Labute approximate surface area is 123 Å². The van der Waals surface area contributed by atoms with Crippen LogP contribution in [0.1, 0.15) is 36.7 Å². The van der Waals surface area contributed by atoms with Crippen molar-refractivity contribution in [1.82, 2.24) is 9.47 Å². The second-order valence-electron chi connectivity index (χ2n) is 5.34. The lowest BCUT2D eigenvalue weighted by atomic mass is 9.88. The zero-order valence-corrected chi connectivity index (χ0v) is 13.2. The zero-order chi connectivity index (χ0) is 14.0. The molecular formula is C14H22BrN3O. The van der Waals surface area contributed by atoms with Crippen molar-refractivity contribution < 1.29 is 4.79 Å². The van der Waals surface area contributed by atoms with Crippen molar-refractivity contribution in [2.45, 2.75) is 32.2 Å². The molecular weight excluding hydrogens is 306 g/mol. The summed E-state index contributed by atoms with van der Waals surface area (Å²) in [6.07, 6.45) is 5.20.